The molecule has 0 aromatic rings. The number of hydrogen-bond acceptors (Lipinski definition) is 4. The van der Waals surface area contributed by atoms with E-state index in [4.69, 9.17) is 0 Å². The first kappa shape index (κ1) is 9.98. The van der Waals surface area contributed by atoms with Gasteiger partial charge in [0.1, 0.15) is 0 Å². The van der Waals surface area contributed by atoms with E-state index in [1.54, 1.807) is 0 Å². The average Bonchev–Trinajstić information content (AvgIpc) is 2.95. The Morgan fingerprint density at radius 3 is 2.46 bits per heavy atom. The number of methoxy groups -OCH3 is 1. The number of carbonyl (C=O) groups excluding carboxylic acids is 2. The van der Waals surface area contributed by atoms with Crippen molar-refractivity contribution in [2.75, 3.05) is 14.2 Å². The van der Waals surface area contributed by atoms with Crippen LogP contribution in [0.2, 0.25) is 0 Å². The largest absolute Gasteiger partial charge is 0.467 e. The first-order valence-corrected chi connectivity index (χ1v) is 4.24. The molecular formula is C8H14N2O3. The summed E-state index contributed by atoms with van der Waals surface area (Å²) in [7, 11) is 2.76. The van der Waals surface area contributed by atoms with E-state index < -0.39 is 12.0 Å². The quantitative estimate of drug-likeness (QED) is 0.437. The zero-order chi connectivity index (χ0) is 9.84. The molecule has 1 aliphatic carbocycles. The molecule has 1 atom stereocenters. The molecule has 0 bridgehead atoms. The second-order valence-electron chi connectivity index (χ2n) is 3.01. The fourth-order valence-electron chi connectivity index (χ4n) is 0.999. The minimum Gasteiger partial charge on any atom is -0.467 e. The molecule has 0 spiro atoms. The van der Waals surface area contributed by atoms with Crippen molar-refractivity contribution < 1.29 is 14.3 Å². The van der Waals surface area contributed by atoms with E-state index in [1.165, 1.54) is 14.2 Å². The minimum atomic E-state index is -0.859. The third-order valence-corrected chi connectivity index (χ3v) is 1.93. The third kappa shape index (κ3) is 2.69. The Kier molecular flexibility index (Phi) is 3.25. The van der Waals surface area contributed by atoms with Crippen LogP contribution in [-0.2, 0) is 14.3 Å². The highest BCUT2D eigenvalue weighted by Gasteiger charge is 2.33. The van der Waals surface area contributed by atoms with E-state index in [1.807, 2.05) is 0 Å². The Morgan fingerprint density at radius 2 is 2.08 bits per heavy atom. The number of likely N-dealkylation sites (N-methyl/N-ethyl adjacent to an activating group) is 1. The number of hydrogen-bond donors (Lipinski definition) is 2. The maximum atomic E-state index is 11.2. The molecule has 0 aromatic heterocycles. The molecule has 13 heavy (non-hydrogen) atoms. The topological polar surface area (TPSA) is 67.4 Å². The zero-order valence-electron chi connectivity index (χ0n) is 7.79. The molecule has 0 radical (unpaired) electrons. The van der Waals surface area contributed by atoms with Gasteiger partial charge in [-0.15, -0.1) is 0 Å². The molecule has 1 rings (SSSR count). The third-order valence-electron chi connectivity index (χ3n) is 1.93. The van der Waals surface area contributed by atoms with Gasteiger partial charge in [-0.1, -0.05) is 0 Å². The van der Waals surface area contributed by atoms with Gasteiger partial charge in [0.25, 0.3) is 0 Å². The van der Waals surface area contributed by atoms with Crippen molar-refractivity contribution in [3.05, 3.63) is 0 Å². The molecule has 1 fully saturated rings. The lowest BCUT2D eigenvalue weighted by Crippen LogP contribution is -2.49. The smallest absolute Gasteiger partial charge is 0.332 e. The second-order valence-corrected chi connectivity index (χ2v) is 3.01. The molecule has 5 heteroatoms. The van der Waals surface area contributed by atoms with Gasteiger partial charge in [0, 0.05) is 13.1 Å². The van der Waals surface area contributed by atoms with Gasteiger partial charge in [-0.2, -0.15) is 0 Å². The van der Waals surface area contributed by atoms with E-state index in [9.17, 15) is 9.59 Å². The summed E-state index contributed by atoms with van der Waals surface area (Å²) in [6.45, 7) is 0. The molecule has 1 saturated carbocycles. The SMILES string of the molecule is CNC(=O)[C@@H](NC1CC1)C(=O)OC. The maximum absolute atomic E-state index is 11.2. The minimum absolute atomic E-state index is 0.293. The molecule has 1 aliphatic rings. The lowest BCUT2D eigenvalue weighted by atomic mass is 10.2. The van der Waals surface area contributed by atoms with Crippen molar-refractivity contribution in [2.24, 2.45) is 0 Å². The highest BCUT2D eigenvalue weighted by atomic mass is 16.5. The summed E-state index contributed by atoms with van der Waals surface area (Å²) in [5.74, 6) is -0.884. The molecule has 0 unspecified atom stereocenters. The van der Waals surface area contributed by atoms with Crippen LogP contribution in [0.1, 0.15) is 12.8 Å². The average molecular weight is 186 g/mol. The molecule has 5 nitrogen and oxygen atoms in total. The summed E-state index contributed by atoms with van der Waals surface area (Å²) < 4.78 is 4.50. The maximum Gasteiger partial charge on any atom is 0.332 e. The predicted octanol–water partition coefficient (Wildman–Crippen LogP) is -0.974. The van der Waals surface area contributed by atoms with Gasteiger partial charge >= 0.3 is 5.97 Å². The van der Waals surface area contributed by atoms with Crippen molar-refractivity contribution >= 4 is 11.9 Å². The summed E-state index contributed by atoms with van der Waals surface area (Å²) in [5.41, 5.74) is 0. The van der Waals surface area contributed by atoms with Crippen LogP contribution in [0.15, 0.2) is 0 Å². The summed E-state index contributed by atoms with van der Waals surface area (Å²) in [4.78, 5) is 22.3. The van der Waals surface area contributed by atoms with Crippen LogP contribution in [0.4, 0.5) is 0 Å². The van der Waals surface area contributed by atoms with E-state index in [0.717, 1.165) is 12.8 Å². The molecule has 0 aliphatic heterocycles. The molecule has 74 valence electrons. The van der Waals surface area contributed by atoms with Crippen LogP contribution in [-0.4, -0.2) is 38.1 Å². The van der Waals surface area contributed by atoms with Gasteiger partial charge in [0.15, 0.2) is 6.04 Å². The standard InChI is InChI=1S/C8H14N2O3/c1-9-7(11)6(8(12)13-2)10-5-3-4-5/h5-6,10H,3-4H2,1-2H3,(H,9,11)/t6-/m1/s1. The van der Waals surface area contributed by atoms with Crippen molar-refractivity contribution in [3.63, 3.8) is 0 Å². The highest BCUT2D eigenvalue weighted by molar-refractivity contribution is 6.01. The fourth-order valence-corrected chi connectivity index (χ4v) is 0.999. The lowest BCUT2D eigenvalue weighted by Gasteiger charge is -2.13. The van der Waals surface area contributed by atoms with E-state index in [0.29, 0.717) is 6.04 Å². The van der Waals surface area contributed by atoms with Gasteiger partial charge < -0.3 is 10.1 Å². The lowest BCUT2D eigenvalue weighted by molar-refractivity contribution is -0.147. The first-order chi connectivity index (χ1) is 6.19. The van der Waals surface area contributed by atoms with E-state index in [-0.39, 0.29) is 5.91 Å². The Hall–Kier alpha value is -1.10. The number of esters is 1. The molecule has 0 aromatic carbocycles. The highest BCUT2D eigenvalue weighted by Crippen LogP contribution is 2.19. The summed E-state index contributed by atoms with van der Waals surface area (Å²) >= 11 is 0. The molecule has 2 N–H and O–H groups in total. The molecular weight excluding hydrogens is 172 g/mol. The Morgan fingerprint density at radius 1 is 1.46 bits per heavy atom. The van der Waals surface area contributed by atoms with Gasteiger partial charge in [0.05, 0.1) is 7.11 Å². The van der Waals surface area contributed by atoms with Crippen molar-refractivity contribution in [2.45, 2.75) is 24.9 Å². The van der Waals surface area contributed by atoms with E-state index in [2.05, 4.69) is 15.4 Å². The zero-order valence-corrected chi connectivity index (χ0v) is 7.79. The first-order valence-electron chi connectivity index (χ1n) is 4.24. The van der Waals surface area contributed by atoms with Gasteiger partial charge in [-0.25, -0.2) is 4.79 Å². The van der Waals surface area contributed by atoms with Crippen LogP contribution in [0.5, 0.6) is 0 Å². The van der Waals surface area contributed by atoms with Crippen molar-refractivity contribution in [3.8, 4) is 0 Å². The van der Waals surface area contributed by atoms with Gasteiger partial charge in [0.2, 0.25) is 5.91 Å². The Balaban J connectivity index is 2.50. The number of amides is 1. The van der Waals surface area contributed by atoms with Crippen LogP contribution < -0.4 is 10.6 Å². The van der Waals surface area contributed by atoms with Gasteiger partial charge in [-0.05, 0) is 12.8 Å². The predicted molar refractivity (Wildman–Crippen MR) is 46.0 cm³/mol. The number of ether oxygens (including phenoxy) is 1. The summed E-state index contributed by atoms with van der Waals surface area (Å²) in [6, 6.07) is -0.566. The normalized spacial score (nSPS) is 17.7. The summed E-state index contributed by atoms with van der Waals surface area (Å²) in [5, 5.41) is 5.32. The Bertz CT molecular complexity index is 197. The van der Waals surface area contributed by atoms with Crippen LogP contribution in [0.25, 0.3) is 0 Å². The number of rotatable bonds is 4. The van der Waals surface area contributed by atoms with Crippen LogP contribution in [0, 0.1) is 0 Å². The van der Waals surface area contributed by atoms with Crippen LogP contribution >= 0.6 is 0 Å². The number of nitrogens with one attached hydrogen (secondary N) is 2. The monoisotopic (exact) mass is 186 g/mol. The molecule has 1 amide bonds. The van der Waals surface area contributed by atoms with Crippen LogP contribution in [0.3, 0.4) is 0 Å². The number of carbonyl (C=O) groups is 2. The fraction of sp³-hybridized carbons (Fsp3) is 0.750. The van der Waals surface area contributed by atoms with E-state index >= 15 is 0 Å². The Labute approximate surface area is 76.8 Å². The van der Waals surface area contributed by atoms with Crippen molar-refractivity contribution in [1.82, 2.24) is 10.6 Å². The molecule has 0 saturated heterocycles. The summed E-state index contributed by atoms with van der Waals surface area (Å²) in [6.07, 6.45) is 2.04. The van der Waals surface area contributed by atoms with Gasteiger partial charge in [-0.3, -0.25) is 10.1 Å². The second kappa shape index (κ2) is 4.23. The molecule has 0 heterocycles. The van der Waals surface area contributed by atoms with Crippen molar-refractivity contribution in [1.29, 1.82) is 0 Å².